The van der Waals surface area contributed by atoms with Crippen LogP contribution in [0.1, 0.15) is 32.1 Å². The number of nitrogens with one attached hydrogen (secondary N) is 1. The lowest BCUT2D eigenvalue weighted by molar-refractivity contribution is -0.384. The summed E-state index contributed by atoms with van der Waals surface area (Å²) in [5.41, 5.74) is 2.19. The summed E-state index contributed by atoms with van der Waals surface area (Å²) < 4.78 is 11.8. The lowest BCUT2D eigenvalue weighted by atomic mass is 10.1. The van der Waals surface area contributed by atoms with Crippen LogP contribution in [0.25, 0.3) is 0 Å². The number of carbonyl (C=O) groups excluding carboxylic acids is 2. The highest BCUT2D eigenvalue weighted by molar-refractivity contribution is 6.00. The number of hydrogen-bond donors (Lipinski definition) is 1. The minimum atomic E-state index is -0.801. The summed E-state index contributed by atoms with van der Waals surface area (Å²) in [5, 5.41) is 14.1. The molecule has 0 radical (unpaired) electrons. The van der Waals surface area contributed by atoms with Crippen molar-refractivity contribution >= 4 is 23.1 Å². The van der Waals surface area contributed by atoms with Crippen molar-refractivity contribution in [2.75, 3.05) is 32.2 Å². The van der Waals surface area contributed by atoms with Gasteiger partial charge < -0.3 is 19.4 Å². The number of aryl methyl sites for hydroxylation is 1. The Hall–Kier alpha value is -3.20. The van der Waals surface area contributed by atoms with Crippen molar-refractivity contribution in [1.82, 2.24) is 4.57 Å². The van der Waals surface area contributed by atoms with Crippen LogP contribution in [0, 0.1) is 24.0 Å². The van der Waals surface area contributed by atoms with Gasteiger partial charge in [0.2, 0.25) is 5.78 Å². The second-order valence-corrected chi connectivity index (χ2v) is 6.25. The summed E-state index contributed by atoms with van der Waals surface area (Å²) in [6.07, 6.45) is 0. The summed E-state index contributed by atoms with van der Waals surface area (Å²) >= 11 is 0. The van der Waals surface area contributed by atoms with Crippen LogP contribution in [0.15, 0.2) is 24.3 Å². The first-order valence-corrected chi connectivity index (χ1v) is 8.60. The summed E-state index contributed by atoms with van der Waals surface area (Å²) in [4.78, 5) is 35.3. The number of esters is 1. The molecule has 0 bridgehead atoms. The predicted molar refractivity (Wildman–Crippen MR) is 103 cm³/mol. The van der Waals surface area contributed by atoms with E-state index in [4.69, 9.17) is 9.47 Å². The number of ketones is 1. The summed E-state index contributed by atoms with van der Waals surface area (Å²) in [6.45, 7) is 4.00. The van der Waals surface area contributed by atoms with Crippen molar-refractivity contribution in [3.63, 3.8) is 0 Å². The number of anilines is 1. The molecule has 1 N–H and O–H groups in total. The number of aromatic nitrogens is 1. The Labute approximate surface area is 162 Å². The molecule has 1 aromatic carbocycles. The lowest BCUT2D eigenvalue weighted by Gasteiger charge is -2.08. The van der Waals surface area contributed by atoms with Gasteiger partial charge >= 0.3 is 5.97 Å². The molecule has 1 heterocycles. The SMILES string of the molecule is COCCNc1ccc(C(=O)OCC(=O)c2cc(C)n(C)c2C)cc1[N+](=O)[O-]. The maximum Gasteiger partial charge on any atom is 0.338 e. The Balaban J connectivity index is 2.09. The molecule has 2 rings (SSSR count). The van der Waals surface area contributed by atoms with Crippen LogP contribution in [-0.2, 0) is 16.5 Å². The highest BCUT2D eigenvalue weighted by atomic mass is 16.6. The van der Waals surface area contributed by atoms with Gasteiger partial charge in [0.25, 0.3) is 5.69 Å². The van der Waals surface area contributed by atoms with Crippen molar-refractivity contribution in [3.8, 4) is 0 Å². The molecule has 150 valence electrons. The number of nitrogens with zero attached hydrogens (tertiary/aromatic N) is 2. The Morgan fingerprint density at radius 3 is 2.54 bits per heavy atom. The summed E-state index contributed by atoms with van der Waals surface area (Å²) in [6, 6.07) is 5.69. The summed E-state index contributed by atoms with van der Waals surface area (Å²) in [5.74, 6) is -1.13. The van der Waals surface area contributed by atoms with Crippen LogP contribution < -0.4 is 5.32 Å². The molecular formula is C19H23N3O6. The Morgan fingerprint density at radius 2 is 1.96 bits per heavy atom. The van der Waals surface area contributed by atoms with Gasteiger partial charge in [0, 0.05) is 43.7 Å². The van der Waals surface area contributed by atoms with Gasteiger partial charge in [-0.1, -0.05) is 0 Å². The molecule has 2 aromatic rings. The zero-order valence-electron chi connectivity index (χ0n) is 16.3. The van der Waals surface area contributed by atoms with Crippen molar-refractivity contribution < 1.29 is 24.0 Å². The normalized spacial score (nSPS) is 10.6. The smallest absolute Gasteiger partial charge is 0.338 e. The number of hydrogen-bond acceptors (Lipinski definition) is 7. The minimum absolute atomic E-state index is 0.00208. The zero-order chi connectivity index (χ0) is 20.8. The molecule has 0 aliphatic carbocycles. The predicted octanol–water partition coefficient (Wildman–Crippen LogP) is 2.65. The third-order valence-corrected chi connectivity index (χ3v) is 4.46. The monoisotopic (exact) mass is 389 g/mol. The molecule has 0 aliphatic heterocycles. The molecule has 0 spiro atoms. The first-order valence-electron chi connectivity index (χ1n) is 8.60. The van der Waals surface area contributed by atoms with Gasteiger partial charge in [-0.05, 0) is 32.0 Å². The molecule has 0 atom stereocenters. The van der Waals surface area contributed by atoms with Gasteiger partial charge in [0.1, 0.15) is 5.69 Å². The van der Waals surface area contributed by atoms with Crippen LogP contribution in [-0.4, -0.2) is 48.1 Å². The molecule has 0 fully saturated rings. The minimum Gasteiger partial charge on any atom is -0.454 e. The topological polar surface area (TPSA) is 113 Å². The number of nitro benzene ring substituents is 1. The molecule has 9 nitrogen and oxygen atoms in total. The van der Waals surface area contributed by atoms with Gasteiger partial charge in [-0.3, -0.25) is 14.9 Å². The molecule has 0 unspecified atom stereocenters. The third-order valence-electron chi connectivity index (χ3n) is 4.46. The van der Waals surface area contributed by atoms with Crippen molar-refractivity contribution in [2.45, 2.75) is 13.8 Å². The van der Waals surface area contributed by atoms with Gasteiger partial charge in [0.15, 0.2) is 6.61 Å². The van der Waals surface area contributed by atoms with E-state index in [1.54, 1.807) is 13.0 Å². The molecule has 9 heteroatoms. The maximum atomic E-state index is 12.3. The fourth-order valence-electron chi connectivity index (χ4n) is 2.68. The number of rotatable bonds is 9. The Bertz CT molecular complexity index is 903. The van der Waals surface area contributed by atoms with E-state index < -0.39 is 17.5 Å². The van der Waals surface area contributed by atoms with E-state index in [1.807, 2.05) is 18.5 Å². The Morgan fingerprint density at radius 1 is 1.25 bits per heavy atom. The molecule has 0 aliphatic rings. The van der Waals surface area contributed by atoms with E-state index in [0.717, 1.165) is 17.5 Å². The number of nitro groups is 1. The van der Waals surface area contributed by atoms with E-state index in [0.29, 0.717) is 18.7 Å². The van der Waals surface area contributed by atoms with Gasteiger partial charge in [0.05, 0.1) is 17.1 Å². The standard InChI is InChI=1S/C19H23N3O6/c1-12-9-15(13(2)21(12)3)18(23)11-28-19(24)14-5-6-16(20-7-8-27-4)17(10-14)22(25)26/h5-6,9-10,20H,7-8,11H2,1-4H3. The second kappa shape index (κ2) is 9.14. The fraction of sp³-hybridized carbons (Fsp3) is 0.368. The zero-order valence-corrected chi connectivity index (χ0v) is 16.3. The average molecular weight is 389 g/mol. The van der Waals surface area contributed by atoms with Gasteiger partial charge in [-0.25, -0.2) is 4.79 Å². The molecule has 0 saturated carbocycles. The maximum absolute atomic E-state index is 12.3. The number of Topliss-reactive ketones (excluding diaryl/α,β-unsaturated/α-hetero) is 1. The van der Waals surface area contributed by atoms with Crippen molar-refractivity contribution in [1.29, 1.82) is 0 Å². The van der Waals surface area contributed by atoms with E-state index >= 15 is 0 Å². The van der Waals surface area contributed by atoms with Crippen molar-refractivity contribution in [3.05, 3.63) is 56.9 Å². The van der Waals surface area contributed by atoms with Crippen LogP contribution in [0.3, 0.4) is 0 Å². The molecule has 1 aromatic heterocycles. The third kappa shape index (κ3) is 4.74. The highest BCUT2D eigenvalue weighted by Gasteiger charge is 2.20. The number of carbonyl (C=O) groups is 2. The van der Waals surface area contributed by atoms with E-state index in [9.17, 15) is 19.7 Å². The van der Waals surface area contributed by atoms with Crippen LogP contribution >= 0.6 is 0 Å². The molecular weight excluding hydrogens is 366 g/mol. The molecule has 28 heavy (non-hydrogen) atoms. The molecule has 0 amide bonds. The van der Waals surface area contributed by atoms with E-state index in [2.05, 4.69) is 5.32 Å². The largest absolute Gasteiger partial charge is 0.454 e. The first kappa shape index (κ1) is 21.1. The van der Waals surface area contributed by atoms with Crippen LogP contribution in [0.2, 0.25) is 0 Å². The van der Waals surface area contributed by atoms with E-state index in [-0.39, 0.29) is 22.7 Å². The first-order chi connectivity index (χ1) is 13.3. The average Bonchev–Trinajstić information content (AvgIpc) is 2.93. The van der Waals surface area contributed by atoms with Crippen molar-refractivity contribution in [2.24, 2.45) is 7.05 Å². The fourth-order valence-corrected chi connectivity index (χ4v) is 2.68. The van der Waals surface area contributed by atoms with E-state index in [1.165, 1.54) is 19.2 Å². The van der Waals surface area contributed by atoms with Gasteiger partial charge in [-0.2, -0.15) is 0 Å². The Kier molecular flexibility index (Phi) is 6.89. The van der Waals surface area contributed by atoms with Crippen LogP contribution in [0.5, 0.6) is 0 Å². The second-order valence-electron chi connectivity index (χ2n) is 6.25. The lowest BCUT2D eigenvalue weighted by Crippen LogP contribution is -2.15. The molecule has 0 saturated heterocycles. The van der Waals surface area contributed by atoms with Crippen LogP contribution in [0.4, 0.5) is 11.4 Å². The van der Waals surface area contributed by atoms with Gasteiger partial charge in [-0.15, -0.1) is 0 Å². The quantitative estimate of drug-likeness (QED) is 0.231. The highest BCUT2D eigenvalue weighted by Crippen LogP contribution is 2.26. The number of ether oxygens (including phenoxy) is 2. The number of benzene rings is 1. The summed E-state index contributed by atoms with van der Waals surface area (Å²) in [7, 11) is 3.36. The number of methoxy groups -OCH3 is 1.